The monoisotopic (exact) mass is 427 g/mol. The van der Waals surface area contributed by atoms with Gasteiger partial charge < -0.3 is 25.4 Å². The number of rotatable bonds is 6. The lowest BCUT2D eigenvalue weighted by Gasteiger charge is -2.17. The number of carbonyl (C=O) groups is 2. The van der Waals surface area contributed by atoms with Gasteiger partial charge in [0.15, 0.2) is 5.69 Å². The summed E-state index contributed by atoms with van der Waals surface area (Å²) < 4.78 is 1.24. The van der Waals surface area contributed by atoms with Gasteiger partial charge in [-0.3, -0.25) is 9.59 Å². The van der Waals surface area contributed by atoms with Crippen molar-refractivity contribution < 1.29 is 19.8 Å². The number of carboxylic acid groups (broad SMARTS) is 1. The first kappa shape index (κ1) is 21.1. The lowest BCUT2D eigenvalue weighted by Crippen LogP contribution is -2.35. The van der Waals surface area contributed by atoms with E-state index >= 15 is 0 Å². The van der Waals surface area contributed by atoms with Crippen LogP contribution in [0.3, 0.4) is 0 Å². The van der Waals surface area contributed by atoms with Gasteiger partial charge in [-0.2, -0.15) is 0 Å². The van der Waals surface area contributed by atoms with Crippen molar-refractivity contribution in [3.05, 3.63) is 68.8 Å². The van der Waals surface area contributed by atoms with E-state index in [-0.39, 0.29) is 17.9 Å². The molecule has 3 rings (SSSR count). The topological polar surface area (TPSA) is 121 Å². The third kappa shape index (κ3) is 4.69. The molecule has 1 atom stereocenters. The van der Waals surface area contributed by atoms with E-state index in [0.717, 1.165) is 11.1 Å². The van der Waals surface area contributed by atoms with Gasteiger partial charge >= 0.3 is 12.0 Å². The number of aryl methyl sites for hydroxylation is 2. The van der Waals surface area contributed by atoms with Gasteiger partial charge in [-0.15, -0.1) is 11.3 Å². The zero-order chi connectivity index (χ0) is 21.8. The quantitative estimate of drug-likeness (QED) is 0.480. The fourth-order valence-electron chi connectivity index (χ4n) is 3.02. The first-order chi connectivity index (χ1) is 14.3. The molecule has 1 aromatic carbocycles. The number of pyridine rings is 1. The van der Waals surface area contributed by atoms with E-state index in [1.807, 2.05) is 41.8 Å². The highest BCUT2D eigenvalue weighted by atomic mass is 32.1. The van der Waals surface area contributed by atoms with Crippen LogP contribution in [0.25, 0.3) is 11.1 Å². The molecule has 0 fully saturated rings. The molecule has 2 amide bonds. The number of carboxylic acids is 1. The van der Waals surface area contributed by atoms with Crippen molar-refractivity contribution in [2.24, 2.45) is 7.05 Å². The van der Waals surface area contributed by atoms with Crippen molar-refractivity contribution in [3.8, 4) is 16.9 Å². The molecule has 4 N–H and O–H groups in total. The second kappa shape index (κ2) is 8.83. The van der Waals surface area contributed by atoms with Crippen LogP contribution in [0.4, 0.5) is 10.5 Å². The Kier molecular flexibility index (Phi) is 6.22. The summed E-state index contributed by atoms with van der Waals surface area (Å²) >= 11 is 1.33. The number of nitrogens with zero attached hydrogens (tertiary/aromatic N) is 1. The molecule has 9 heteroatoms. The highest BCUT2D eigenvalue weighted by molar-refractivity contribution is 7.10. The van der Waals surface area contributed by atoms with Gasteiger partial charge in [-0.05, 0) is 29.5 Å². The lowest BCUT2D eigenvalue weighted by atomic mass is 10.1. The summed E-state index contributed by atoms with van der Waals surface area (Å²) in [6.45, 7) is 1.60. The Morgan fingerprint density at radius 3 is 2.57 bits per heavy atom. The summed E-state index contributed by atoms with van der Waals surface area (Å²) in [5.74, 6) is -1.41. The maximum Gasteiger partial charge on any atom is 0.320 e. The summed E-state index contributed by atoms with van der Waals surface area (Å²) in [6, 6.07) is 9.83. The molecule has 0 saturated heterocycles. The van der Waals surface area contributed by atoms with E-state index in [1.54, 1.807) is 6.92 Å². The van der Waals surface area contributed by atoms with Crippen LogP contribution >= 0.6 is 11.3 Å². The molecule has 0 bridgehead atoms. The molecule has 2 heterocycles. The van der Waals surface area contributed by atoms with Gasteiger partial charge in [0, 0.05) is 23.7 Å². The van der Waals surface area contributed by atoms with E-state index in [0.29, 0.717) is 10.4 Å². The highest BCUT2D eigenvalue weighted by Crippen LogP contribution is 2.31. The predicted molar refractivity (Wildman–Crippen MR) is 115 cm³/mol. The Bertz CT molecular complexity index is 1140. The van der Waals surface area contributed by atoms with Crippen LogP contribution in [-0.2, 0) is 11.8 Å². The molecule has 0 spiro atoms. The van der Waals surface area contributed by atoms with Crippen molar-refractivity contribution in [3.63, 3.8) is 0 Å². The first-order valence-corrected chi connectivity index (χ1v) is 9.96. The standard InChI is InChI=1S/C21H21N3O5S/c1-12-10-24(2)20(28)18(19(12)27)23-21(29)22-15(9-17(25)26)16-8-14(11-30-16)13-6-4-3-5-7-13/h3-8,10-11,15,27H,9H2,1-2H3,(H,25,26)(H2,22,23,29)/t15-/m0/s1. The van der Waals surface area contributed by atoms with Crippen LogP contribution in [0.1, 0.15) is 22.9 Å². The van der Waals surface area contributed by atoms with Crippen molar-refractivity contribution in [2.45, 2.75) is 19.4 Å². The maximum atomic E-state index is 12.5. The minimum Gasteiger partial charge on any atom is -0.505 e. The van der Waals surface area contributed by atoms with E-state index in [4.69, 9.17) is 0 Å². The number of aromatic nitrogens is 1. The van der Waals surface area contributed by atoms with Crippen molar-refractivity contribution >= 4 is 29.0 Å². The molecule has 0 aliphatic heterocycles. The Hall–Kier alpha value is -3.59. The van der Waals surface area contributed by atoms with Gasteiger partial charge in [-0.1, -0.05) is 30.3 Å². The van der Waals surface area contributed by atoms with Crippen molar-refractivity contribution in [1.29, 1.82) is 0 Å². The third-order valence-electron chi connectivity index (χ3n) is 4.52. The minimum absolute atomic E-state index is 0.264. The fourth-order valence-corrected chi connectivity index (χ4v) is 3.99. The largest absolute Gasteiger partial charge is 0.505 e. The molecule has 8 nitrogen and oxygen atoms in total. The number of benzene rings is 1. The minimum atomic E-state index is -1.08. The Balaban J connectivity index is 1.83. The molecule has 2 aromatic heterocycles. The van der Waals surface area contributed by atoms with Crippen molar-refractivity contribution in [1.82, 2.24) is 9.88 Å². The zero-order valence-electron chi connectivity index (χ0n) is 16.4. The summed E-state index contributed by atoms with van der Waals surface area (Å²) in [5.41, 5.74) is 1.47. The number of urea groups is 1. The van der Waals surface area contributed by atoms with E-state index in [2.05, 4.69) is 10.6 Å². The molecule has 0 aliphatic carbocycles. The highest BCUT2D eigenvalue weighted by Gasteiger charge is 2.22. The van der Waals surface area contributed by atoms with Crippen LogP contribution < -0.4 is 16.2 Å². The van der Waals surface area contributed by atoms with E-state index in [1.165, 1.54) is 29.1 Å². The number of aromatic hydroxyl groups is 1. The molecular weight excluding hydrogens is 406 g/mol. The lowest BCUT2D eigenvalue weighted by molar-refractivity contribution is -0.137. The van der Waals surface area contributed by atoms with Gasteiger partial charge in [0.05, 0.1) is 12.5 Å². The van der Waals surface area contributed by atoms with Crippen LogP contribution in [0.5, 0.6) is 5.75 Å². The molecule has 30 heavy (non-hydrogen) atoms. The number of hydrogen-bond acceptors (Lipinski definition) is 5. The number of aliphatic carboxylic acids is 1. The molecule has 0 saturated carbocycles. The van der Waals surface area contributed by atoms with Gasteiger partial charge in [0.2, 0.25) is 0 Å². The normalized spacial score (nSPS) is 11.7. The number of carbonyl (C=O) groups excluding carboxylic acids is 1. The molecule has 0 radical (unpaired) electrons. The summed E-state index contributed by atoms with van der Waals surface area (Å²) in [5, 5.41) is 26.2. The zero-order valence-corrected chi connectivity index (χ0v) is 17.2. The average Bonchev–Trinajstić information content (AvgIpc) is 3.20. The van der Waals surface area contributed by atoms with Crippen LogP contribution in [-0.4, -0.2) is 26.8 Å². The third-order valence-corrected chi connectivity index (χ3v) is 5.57. The van der Waals surface area contributed by atoms with E-state index in [9.17, 15) is 24.6 Å². The second-order valence-electron chi connectivity index (χ2n) is 6.80. The predicted octanol–water partition coefficient (Wildman–Crippen LogP) is 3.47. The second-order valence-corrected chi connectivity index (χ2v) is 7.75. The summed E-state index contributed by atoms with van der Waals surface area (Å²) in [4.78, 5) is 36.7. The average molecular weight is 427 g/mol. The Morgan fingerprint density at radius 1 is 1.20 bits per heavy atom. The van der Waals surface area contributed by atoms with Gasteiger partial charge in [0.25, 0.3) is 5.56 Å². The first-order valence-electron chi connectivity index (χ1n) is 9.08. The number of anilines is 1. The smallest absolute Gasteiger partial charge is 0.320 e. The molecule has 3 aromatic rings. The number of thiophene rings is 1. The van der Waals surface area contributed by atoms with Gasteiger partial charge in [0.1, 0.15) is 5.75 Å². The van der Waals surface area contributed by atoms with Gasteiger partial charge in [-0.25, -0.2) is 4.79 Å². The van der Waals surface area contributed by atoms with Crippen LogP contribution in [0.15, 0.2) is 52.8 Å². The summed E-state index contributed by atoms with van der Waals surface area (Å²) in [6.07, 6.45) is 1.12. The molecule has 156 valence electrons. The molecule has 0 aliphatic rings. The molecular formula is C21H21N3O5S. The molecule has 0 unspecified atom stereocenters. The number of nitrogens with one attached hydrogen (secondary N) is 2. The van der Waals surface area contributed by atoms with E-state index < -0.39 is 23.6 Å². The van der Waals surface area contributed by atoms with Crippen LogP contribution in [0.2, 0.25) is 0 Å². The van der Waals surface area contributed by atoms with Crippen molar-refractivity contribution in [2.75, 3.05) is 5.32 Å². The van der Waals surface area contributed by atoms with Crippen LogP contribution in [0, 0.1) is 6.92 Å². The summed E-state index contributed by atoms with van der Waals surface area (Å²) in [7, 11) is 1.50. The number of amides is 2. The number of hydrogen-bond donors (Lipinski definition) is 4. The SMILES string of the molecule is Cc1cn(C)c(=O)c(NC(=O)N[C@@H](CC(=O)O)c2cc(-c3ccccc3)cs2)c1O. The fraction of sp³-hybridized carbons (Fsp3) is 0.190. The Labute approximate surface area is 176 Å². The Morgan fingerprint density at radius 2 is 1.90 bits per heavy atom. The maximum absolute atomic E-state index is 12.5.